The molecule has 3 rings (SSSR count). The van der Waals surface area contributed by atoms with Gasteiger partial charge in [0.2, 0.25) is 5.91 Å². The summed E-state index contributed by atoms with van der Waals surface area (Å²) in [6.07, 6.45) is 0.999. The average Bonchev–Trinajstić information content (AvgIpc) is 2.73. The SMILES string of the molecule is CC(=O)N1CCCN(c2ccc(B3OC(C)(C)C(C)(C)O3)cc2)CC1. The van der Waals surface area contributed by atoms with Crippen molar-refractivity contribution >= 4 is 24.2 Å². The summed E-state index contributed by atoms with van der Waals surface area (Å²) in [6, 6.07) is 8.43. The zero-order chi connectivity index (χ0) is 18.2. The third kappa shape index (κ3) is 3.70. The molecule has 2 aliphatic rings. The smallest absolute Gasteiger partial charge is 0.399 e. The van der Waals surface area contributed by atoms with Crippen molar-refractivity contribution in [2.24, 2.45) is 0 Å². The third-order valence-electron chi connectivity index (χ3n) is 5.72. The topological polar surface area (TPSA) is 42.0 Å². The molecule has 0 bridgehead atoms. The zero-order valence-electron chi connectivity index (χ0n) is 16.0. The number of nitrogens with zero attached hydrogens (tertiary/aromatic N) is 2. The van der Waals surface area contributed by atoms with Crippen LogP contribution in [0.1, 0.15) is 41.0 Å². The van der Waals surface area contributed by atoms with Gasteiger partial charge in [0.05, 0.1) is 11.2 Å². The minimum absolute atomic E-state index is 0.165. The number of hydrogen-bond acceptors (Lipinski definition) is 4. The Labute approximate surface area is 151 Å². The first-order chi connectivity index (χ1) is 11.7. The summed E-state index contributed by atoms with van der Waals surface area (Å²) >= 11 is 0. The molecule has 0 spiro atoms. The molecular formula is C19H29BN2O3. The molecule has 1 aromatic rings. The number of amides is 1. The number of benzene rings is 1. The molecule has 0 saturated carbocycles. The molecule has 1 aromatic carbocycles. The van der Waals surface area contributed by atoms with Crippen molar-refractivity contribution in [3.8, 4) is 0 Å². The van der Waals surface area contributed by atoms with Crippen molar-refractivity contribution < 1.29 is 14.1 Å². The summed E-state index contributed by atoms with van der Waals surface area (Å²) in [4.78, 5) is 15.8. The summed E-state index contributed by atoms with van der Waals surface area (Å²) in [5, 5.41) is 0. The van der Waals surface area contributed by atoms with Crippen molar-refractivity contribution in [3.63, 3.8) is 0 Å². The minimum atomic E-state index is -0.323. The van der Waals surface area contributed by atoms with Gasteiger partial charge < -0.3 is 19.1 Å². The maximum absolute atomic E-state index is 11.6. The molecule has 0 atom stereocenters. The van der Waals surface area contributed by atoms with Crippen molar-refractivity contribution in [2.75, 3.05) is 31.1 Å². The first-order valence-electron chi connectivity index (χ1n) is 9.16. The first kappa shape index (κ1) is 18.3. The van der Waals surface area contributed by atoms with Gasteiger partial charge in [-0.05, 0) is 51.7 Å². The molecule has 25 heavy (non-hydrogen) atoms. The molecular weight excluding hydrogens is 315 g/mol. The summed E-state index contributed by atoms with van der Waals surface area (Å²) in [5.41, 5.74) is 1.59. The fourth-order valence-corrected chi connectivity index (χ4v) is 3.31. The third-order valence-corrected chi connectivity index (χ3v) is 5.72. The van der Waals surface area contributed by atoms with Gasteiger partial charge in [0.25, 0.3) is 0 Å². The summed E-state index contributed by atoms with van der Waals surface area (Å²) < 4.78 is 12.2. The van der Waals surface area contributed by atoms with Crippen molar-refractivity contribution in [2.45, 2.75) is 52.2 Å². The Hall–Kier alpha value is -1.53. The molecule has 0 radical (unpaired) electrons. The highest BCUT2D eigenvalue weighted by molar-refractivity contribution is 6.62. The Morgan fingerprint density at radius 2 is 1.56 bits per heavy atom. The Kier molecular flexibility index (Phi) is 4.86. The Morgan fingerprint density at radius 3 is 2.12 bits per heavy atom. The van der Waals surface area contributed by atoms with Gasteiger partial charge in [0.15, 0.2) is 0 Å². The van der Waals surface area contributed by atoms with E-state index >= 15 is 0 Å². The monoisotopic (exact) mass is 344 g/mol. The van der Waals surface area contributed by atoms with Gasteiger partial charge in [0, 0.05) is 38.8 Å². The molecule has 5 nitrogen and oxygen atoms in total. The van der Waals surface area contributed by atoms with Crippen LogP contribution in [-0.4, -0.2) is 55.3 Å². The van der Waals surface area contributed by atoms with E-state index in [4.69, 9.17) is 9.31 Å². The number of rotatable bonds is 2. The lowest BCUT2D eigenvalue weighted by Crippen LogP contribution is -2.41. The standard InChI is InChI=1S/C19H29BN2O3/c1-15(23)21-11-6-12-22(14-13-21)17-9-7-16(8-10-17)20-24-18(2,3)19(4,5)25-20/h7-10H,6,11-14H2,1-5H3. The predicted molar refractivity (Wildman–Crippen MR) is 101 cm³/mol. The lowest BCUT2D eigenvalue weighted by Gasteiger charge is -2.32. The second-order valence-electron chi connectivity index (χ2n) is 8.03. The van der Waals surface area contributed by atoms with E-state index in [0.29, 0.717) is 0 Å². The van der Waals surface area contributed by atoms with Crippen LogP contribution in [0.2, 0.25) is 0 Å². The predicted octanol–water partition coefficient (Wildman–Crippen LogP) is 2.04. The molecule has 0 N–H and O–H groups in total. The average molecular weight is 344 g/mol. The van der Waals surface area contributed by atoms with Gasteiger partial charge in [-0.25, -0.2) is 0 Å². The van der Waals surface area contributed by atoms with E-state index in [9.17, 15) is 4.79 Å². The highest BCUT2D eigenvalue weighted by Gasteiger charge is 2.51. The second-order valence-corrected chi connectivity index (χ2v) is 8.03. The van der Waals surface area contributed by atoms with Crippen LogP contribution in [0.15, 0.2) is 24.3 Å². The van der Waals surface area contributed by atoms with Crippen LogP contribution < -0.4 is 10.4 Å². The summed E-state index contributed by atoms with van der Waals surface area (Å²) in [6.45, 7) is 13.4. The quantitative estimate of drug-likeness (QED) is 0.770. The number of anilines is 1. The van der Waals surface area contributed by atoms with E-state index in [1.165, 1.54) is 5.69 Å². The lowest BCUT2D eigenvalue weighted by atomic mass is 9.79. The molecule has 136 valence electrons. The van der Waals surface area contributed by atoms with Gasteiger partial charge in [-0.1, -0.05) is 12.1 Å². The number of carbonyl (C=O) groups is 1. The first-order valence-corrected chi connectivity index (χ1v) is 9.16. The zero-order valence-corrected chi connectivity index (χ0v) is 16.0. The fourth-order valence-electron chi connectivity index (χ4n) is 3.31. The van der Waals surface area contributed by atoms with Gasteiger partial charge in [-0.2, -0.15) is 0 Å². The Bertz CT molecular complexity index is 614. The molecule has 0 aromatic heterocycles. The highest BCUT2D eigenvalue weighted by Crippen LogP contribution is 2.36. The fraction of sp³-hybridized carbons (Fsp3) is 0.632. The maximum Gasteiger partial charge on any atom is 0.494 e. The van der Waals surface area contributed by atoms with Crippen LogP contribution in [0.5, 0.6) is 0 Å². The van der Waals surface area contributed by atoms with Crippen LogP contribution in [0.25, 0.3) is 0 Å². The van der Waals surface area contributed by atoms with Crippen LogP contribution in [0.3, 0.4) is 0 Å². The van der Waals surface area contributed by atoms with Gasteiger partial charge in [-0.3, -0.25) is 4.79 Å². The second kappa shape index (κ2) is 6.65. The van der Waals surface area contributed by atoms with Crippen molar-refractivity contribution in [1.29, 1.82) is 0 Å². The van der Waals surface area contributed by atoms with E-state index in [0.717, 1.165) is 38.1 Å². The molecule has 6 heteroatoms. The van der Waals surface area contributed by atoms with Crippen LogP contribution in [0.4, 0.5) is 5.69 Å². The largest absolute Gasteiger partial charge is 0.494 e. The minimum Gasteiger partial charge on any atom is -0.399 e. The van der Waals surface area contributed by atoms with Gasteiger partial charge >= 0.3 is 7.12 Å². The van der Waals surface area contributed by atoms with E-state index in [-0.39, 0.29) is 24.2 Å². The van der Waals surface area contributed by atoms with Gasteiger partial charge in [0.1, 0.15) is 0 Å². The molecule has 0 aliphatic carbocycles. The van der Waals surface area contributed by atoms with E-state index in [1.54, 1.807) is 6.92 Å². The molecule has 1 amide bonds. The normalized spacial score (nSPS) is 22.8. The number of hydrogen-bond donors (Lipinski definition) is 0. The van der Waals surface area contributed by atoms with Crippen molar-refractivity contribution in [3.05, 3.63) is 24.3 Å². The Morgan fingerprint density at radius 1 is 0.960 bits per heavy atom. The van der Waals surface area contributed by atoms with Crippen LogP contribution >= 0.6 is 0 Å². The highest BCUT2D eigenvalue weighted by atomic mass is 16.7. The Balaban J connectivity index is 1.68. The summed E-state index contributed by atoms with van der Waals surface area (Å²) in [5.74, 6) is 0.165. The van der Waals surface area contributed by atoms with Crippen LogP contribution in [0, 0.1) is 0 Å². The molecule has 2 fully saturated rings. The van der Waals surface area contributed by atoms with Crippen LogP contribution in [-0.2, 0) is 14.1 Å². The molecule has 0 unspecified atom stereocenters. The van der Waals surface area contributed by atoms with E-state index < -0.39 is 0 Å². The molecule has 2 heterocycles. The van der Waals surface area contributed by atoms with Gasteiger partial charge in [-0.15, -0.1) is 0 Å². The molecule has 2 aliphatic heterocycles. The molecule has 2 saturated heterocycles. The van der Waals surface area contributed by atoms with Crippen molar-refractivity contribution in [1.82, 2.24) is 4.90 Å². The lowest BCUT2D eigenvalue weighted by molar-refractivity contribution is -0.128. The maximum atomic E-state index is 11.6. The van der Waals surface area contributed by atoms with E-state index in [1.807, 2.05) is 4.90 Å². The number of carbonyl (C=O) groups excluding carboxylic acids is 1. The van der Waals surface area contributed by atoms with E-state index in [2.05, 4.69) is 56.9 Å². The summed E-state index contributed by atoms with van der Waals surface area (Å²) in [7, 11) is -0.323.